The summed E-state index contributed by atoms with van der Waals surface area (Å²) in [5, 5.41) is 0. The summed E-state index contributed by atoms with van der Waals surface area (Å²) < 4.78 is 33.7. The van der Waals surface area contributed by atoms with Gasteiger partial charge >= 0.3 is 0 Å². The van der Waals surface area contributed by atoms with Crippen LogP contribution in [0.4, 0.5) is 0 Å². The molecule has 2 aliphatic heterocycles. The summed E-state index contributed by atoms with van der Waals surface area (Å²) in [6, 6.07) is 3.63. The number of carbonyl (C=O) groups is 1. The number of pyridine rings is 1. The molecule has 31 heavy (non-hydrogen) atoms. The van der Waals surface area contributed by atoms with Gasteiger partial charge in [-0.25, -0.2) is 18.4 Å². The summed E-state index contributed by atoms with van der Waals surface area (Å²) >= 11 is 0. The van der Waals surface area contributed by atoms with Gasteiger partial charge < -0.3 is 9.64 Å². The fourth-order valence-corrected chi connectivity index (χ4v) is 5.55. The molecule has 1 unspecified atom stereocenters. The summed E-state index contributed by atoms with van der Waals surface area (Å²) in [6.07, 6.45) is 5.94. The number of ether oxygens (including phenoxy) is 1. The molecule has 2 aromatic heterocycles. The van der Waals surface area contributed by atoms with Crippen LogP contribution >= 0.6 is 0 Å². The largest absolute Gasteiger partial charge is 0.368 e. The average Bonchev–Trinajstić information content (AvgIpc) is 3.34. The van der Waals surface area contributed by atoms with E-state index in [4.69, 9.17) is 4.74 Å². The number of hydrogen-bond donors (Lipinski definition) is 0. The molecule has 0 aliphatic carbocycles. The van der Waals surface area contributed by atoms with Crippen molar-refractivity contribution in [2.24, 2.45) is 0 Å². The minimum atomic E-state index is -3.78. The molecule has 4 heterocycles. The van der Waals surface area contributed by atoms with E-state index in [0.29, 0.717) is 31.2 Å². The van der Waals surface area contributed by atoms with Gasteiger partial charge in [0.05, 0.1) is 11.9 Å². The molecule has 10 heteroatoms. The van der Waals surface area contributed by atoms with Gasteiger partial charge in [0.1, 0.15) is 11.0 Å². The van der Waals surface area contributed by atoms with Crippen LogP contribution in [-0.4, -0.2) is 77.4 Å². The van der Waals surface area contributed by atoms with Gasteiger partial charge in [-0.05, 0) is 30.9 Å². The predicted molar refractivity (Wildman–Crippen MR) is 114 cm³/mol. The molecule has 0 aromatic carbocycles. The quantitative estimate of drug-likeness (QED) is 0.689. The summed E-state index contributed by atoms with van der Waals surface area (Å²) in [7, 11) is -3.78. The van der Waals surface area contributed by atoms with Crippen molar-refractivity contribution < 1.29 is 17.9 Å². The zero-order valence-corrected chi connectivity index (χ0v) is 18.6. The minimum absolute atomic E-state index is 0.0402. The highest BCUT2D eigenvalue weighted by Crippen LogP contribution is 2.27. The van der Waals surface area contributed by atoms with E-state index in [1.165, 1.54) is 10.5 Å². The summed E-state index contributed by atoms with van der Waals surface area (Å²) in [5.41, 5.74) is 1.21. The fourth-order valence-electron chi connectivity index (χ4n) is 3.89. The standard InChI is InChI=1S/C21H27N5O4S/c1-15(2)19-18(14-23-20(24-19)16-5-3-7-22-13-16)31(28,29)26-10-8-25(9-11-26)21(27)17-6-4-12-30-17/h3,5,7,13-15,17H,4,6,8-12H2,1-2H3. The number of hydrogen-bond acceptors (Lipinski definition) is 7. The first kappa shape index (κ1) is 21.8. The Bertz CT molecular complexity index is 1030. The maximum absolute atomic E-state index is 13.4. The molecule has 2 aromatic rings. The average molecular weight is 446 g/mol. The number of rotatable bonds is 5. The van der Waals surface area contributed by atoms with Crippen molar-refractivity contribution in [2.75, 3.05) is 32.8 Å². The Morgan fingerprint density at radius 3 is 2.58 bits per heavy atom. The molecule has 0 N–H and O–H groups in total. The predicted octanol–water partition coefficient (Wildman–Crippen LogP) is 1.67. The summed E-state index contributed by atoms with van der Waals surface area (Å²) in [4.78, 5) is 27.3. The fraction of sp³-hybridized carbons (Fsp3) is 0.524. The second-order valence-electron chi connectivity index (χ2n) is 8.07. The Morgan fingerprint density at radius 1 is 1.19 bits per heavy atom. The van der Waals surface area contributed by atoms with Crippen LogP contribution in [0, 0.1) is 0 Å². The van der Waals surface area contributed by atoms with Crippen LogP contribution in [0.5, 0.6) is 0 Å². The number of sulfonamides is 1. The maximum Gasteiger partial charge on any atom is 0.251 e. The highest BCUT2D eigenvalue weighted by molar-refractivity contribution is 7.89. The number of nitrogens with zero attached hydrogens (tertiary/aromatic N) is 5. The van der Waals surface area contributed by atoms with E-state index < -0.39 is 10.0 Å². The first-order valence-electron chi connectivity index (χ1n) is 10.6. The molecule has 0 saturated carbocycles. The maximum atomic E-state index is 13.4. The van der Waals surface area contributed by atoms with E-state index in [2.05, 4.69) is 15.0 Å². The van der Waals surface area contributed by atoms with E-state index in [9.17, 15) is 13.2 Å². The van der Waals surface area contributed by atoms with Gasteiger partial charge in [-0.15, -0.1) is 0 Å². The molecular weight excluding hydrogens is 418 g/mol. The Labute approximate surface area is 182 Å². The van der Waals surface area contributed by atoms with E-state index in [-0.39, 0.29) is 35.9 Å². The number of piperazine rings is 1. The van der Waals surface area contributed by atoms with Crippen LogP contribution in [-0.2, 0) is 19.6 Å². The SMILES string of the molecule is CC(C)c1nc(-c2cccnc2)ncc1S(=O)(=O)N1CCN(C(=O)C2CCCO2)CC1. The second-order valence-corrected chi connectivity index (χ2v) is 9.98. The van der Waals surface area contributed by atoms with Crippen molar-refractivity contribution in [3.05, 3.63) is 36.4 Å². The number of amides is 1. The third-order valence-electron chi connectivity index (χ3n) is 5.62. The second kappa shape index (κ2) is 8.97. The van der Waals surface area contributed by atoms with Crippen LogP contribution in [0.3, 0.4) is 0 Å². The Kier molecular flexibility index (Phi) is 6.31. The van der Waals surface area contributed by atoms with E-state index in [1.54, 1.807) is 23.4 Å². The van der Waals surface area contributed by atoms with E-state index >= 15 is 0 Å². The van der Waals surface area contributed by atoms with Gasteiger partial charge in [0.25, 0.3) is 5.91 Å². The van der Waals surface area contributed by atoms with Crippen molar-refractivity contribution in [3.63, 3.8) is 0 Å². The van der Waals surface area contributed by atoms with Gasteiger partial charge in [0, 0.05) is 50.7 Å². The molecule has 9 nitrogen and oxygen atoms in total. The van der Waals surface area contributed by atoms with Crippen LogP contribution in [0.15, 0.2) is 35.6 Å². The number of carbonyl (C=O) groups excluding carboxylic acids is 1. The van der Waals surface area contributed by atoms with Gasteiger partial charge in [-0.2, -0.15) is 4.31 Å². The molecule has 166 valence electrons. The molecule has 0 radical (unpaired) electrons. The smallest absolute Gasteiger partial charge is 0.251 e. The lowest BCUT2D eigenvalue weighted by molar-refractivity contribution is -0.142. The molecule has 1 atom stereocenters. The molecule has 0 spiro atoms. The summed E-state index contributed by atoms with van der Waals surface area (Å²) in [6.45, 7) is 5.61. The zero-order valence-electron chi connectivity index (χ0n) is 17.8. The number of aromatic nitrogens is 3. The van der Waals surface area contributed by atoms with Crippen LogP contribution in [0.1, 0.15) is 38.3 Å². The molecule has 1 amide bonds. The lowest BCUT2D eigenvalue weighted by atomic mass is 10.1. The van der Waals surface area contributed by atoms with Crippen molar-refractivity contribution in [3.8, 4) is 11.4 Å². The Balaban J connectivity index is 1.54. The third-order valence-corrected chi connectivity index (χ3v) is 7.54. The monoisotopic (exact) mass is 445 g/mol. The van der Waals surface area contributed by atoms with Crippen LogP contribution in [0.25, 0.3) is 11.4 Å². The lowest BCUT2D eigenvalue weighted by Crippen LogP contribution is -2.52. The molecular formula is C21H27N5O4S. The van der Waals surface area contributed by atoms with Crippen LogP contribution in [0.2, 0.25) is 0 Å². The first-order valence-corrected chi connectivity index (χ1v) is 12.0. The molecule has 2 aliphatic rings. The zero-order chi connectivity index (χ0) is 22.0. The highest BCUT2D eigenvalue weighted by Gasteiger charge is 2.35. The van der Waals surface area contributed by atoms with Gasteiger partial charge in [-0.3, -0.25) is 9.78 Å². The van der Waals surface area contributed by atoms with E-state index in [1.807, 2.05) is 19.9 Å². The van der Waals surface area contributed by atoms with Gasteiger partial charge in [-0.1, -0.05) is 13.8 Å². The molecule has 0 bridgehead atoms. The van der Waals surface area contributed by atoms with E-state index in [0.717, 1.165) is 18.4 Å². The summed E-state index contributed by atoms with van der Waals surface area (Å²) in [5.74, 6) is 0.301. The van der Waals surface area contributed by atoms with Gasteiger partial charge in [0.2, 0.25) is 10.0 Å². The van der Waals surface area contributed by atoms with Crippen molar-refractivity contribution in [2.45, 2.75) is 43.6 Å². The van der Waals surface area contributed by atoms with Crippen molar-refractivity contribution in [1.29, 1.82) is 0 Å². The first-order chi connectivity index (χ1) is 14.9. The van der Waals surface area contributed by atoms with Crippen molar-refractivity contribution in [1.82, 2.24) is 24.2 Å². The molecule has 2 saturated heterocycles. The third kappa shape index (κ3) is 4.46. The minimum Gasteiger partial charge on any atom is -0.368 e. The Morgan fingerprint density at radius 2 is 1.97 bits per heavy atom. The lowest BCUT2D eigenvalue weighted by Gasteiger charge is -2.35. The van der Waals surface area contributed by atoms with Crippen LogP contribution < -0.4 is 0 Å². The highest BCUT2D eigenvalue weighted by atomic mass is 32.2. The normalized spacial score (nSPS) is 20.4. The molecule has 4 rings (SSSR count). The Hall–Kier alpha value is -2.43. The topological polar surface area (TPSA) is 106 Å². The van der Waals surface area contributed by atoms with Gasteiger partial charge in [0.15, 0.2) is 5.82 Å². The molecule has 2 fully saturated rings. The van der Waals surface area contributed by atoms with Crippen molar-refractivity contribution >= 4 is 15.9 Å².